The highest BCUT2D eigenvalue weighted by atomic mass is 32.2. The van der Waals surface area contributed by atoms with Crippen molar-refractivity contribution in [3.8, 4) is 0 Å². The summed E-state index contributed by atoms with van der Waals surface area (Å²) in [4.78, 5) is 10.4. The molecule has 0 rings (SSSR count). The standard InChI is InChI=1S/C8H17NO5S/c1-3-4-15(12,13)9-6-7(14-2)5-8(10)11/h7,9H,3-6H2,1-2H3,(H,10,11). The van der Waals surface area contributed by atoms with Crippen LogP contribution in [0.3, 0.4) is 0 Å². The number of aliphatic carboxylic acids is 1. The van der Waals surface area contributed by atoms with E-state index in [1.165, 1.54) is 7.11 Å². The molecule has 0 saturated carbocycles. The van der Waals surface area contributed by atoms with Gasteiger partial charge in [0.05, 0.1) is 18.3 Å². The molecule has 0 bridgehead atoms. The summed E-state index contributed by atoms with van der Waals surface area (Å²) in [7, 11) is -1.95. The van der Waals surface area contributed by atoms with Crippen LogP contribution in [0.1, 0.15) is 19.8 Å². The number of ether oxygens (including phenoxy) is 1. The highest BCUT2D eigenvalue weighted by Gasteiger charge is 2.15. The summed E-state index contributed by atoms with van der Waals surface area (Å²) in [5.41, 5.74) is 0. The molecule has 0 aliphatic rings. The van der Waals surface area contributed by atoms with E-state index in [2.05, 4.69) is 4.72 Å². The van der Waals surface area contributed by atoms with Crippen LogP contribution in [0.15, 0.2) is 0 Å². The molecule has 0 spiro atoms. The fourth-order valence-electron chi connectivity index (χ4n) is 0.994. The molecule has 0 aromatic heterocycles. The summed E-state index contributed by atoms with van der Waals surface area (Å²) >= 11 is 0. The van der Waals surface area contributed by atoms with Gasteiger partial charge >= 0.3 is 5.97 Å². The van der Waals surface area contributed by atoms with E-state index in [9.17, 15) is 13.2 Å². The molecule has 0 fully saturated rings. The molecule has 6 nitrogen and oxygen atoms in total. The van der Waals surface area contributed by atoms with Crippen molar-refractivity contribution in [2.24, 2.45) is 0 Å². The Kier molecular flexibility index (Phi) is 6.46. The van der Waals surface area contributed by atoms with Crippen LogP contribution in [0, 0.1) is 0 Å². The van der Waals surface area contributed by atoms with E-state index in [0.717, 1.165) is 0 Å². The third kappa shape index (κ3) is 7.29. The number of hydrogen-bond acceptors (Lipinski definition) is 4. The maximum Gasteiger partial charge on any atom is 0.306 e. The first-order chi connectivity index (χ1) is 6.91. The quantitative estimate of drug-likeness (QED) is 0.612. The molecule has 1 unspecified atom stereocenters. The zero-order valence-electron chi connectivity index (χ0n) is 8.89. The maximum absolute atomic E-state index is 11.2. The van der Waals surface area contributed by atoms with Crippen LogP contribution < -0.4 is 4.72 Å². The number of carboxylic acid groups (broad SMARTS) is 1. The predicted octanol–water partition coefficient (Wildman–Crippen LogP) is -0.194. The minimum Gasteiger partial charge on any atom is -0.481 e. The van der Waals surface area contributed by atoms with Gasteiger partial charge in [-0.3, -0.25) is 4.79 Å². The summed E-state index contributed by atoms with van der Waals surface area (Å²) in [6, 6.07) is 0. The molecule has 2 N–H and O–H groups in total. The van der Waals surface area contributed by atoms with Crippen molar-refractivity contribution in [1.82, 2.24) is 4.72 Å². The molecular weight excluding hydrogens is 222 g/mol. The third-order valence-electron chi connectivity index (χ3n) is 1.74. The Morgan fingerprint density at radius 1 is 1.53 bits per heavy atom. The Morgan fingerprint density at radius 2 is 2.13 bits per heavy atom. The molecule has 90 valence electrons. The minimum absolute atomic E-state index is 0.00880. The lowest BCUT2D eigenvalue weighted by Gasteiger charge is -2.13. The Hall–Kier alpha value is -0.660. The van der Waals surface area contributed by atoms with Crippen molar-refractivity contribution in [2.75, 3.05) is 19.4 Å². The van der Waals surface area contributed by atoms with E-state index in [1.807, 2.05) is 0 Å². The van der Waals surface area contributed by atoms with E-state index in [4.69, 9.17) is 9.84 Å². The van der Waals surface area contributed by atoms with Crippen molar-refractivity contribution in [2.45, 2.75) is 25.9 Å². The second kappa shape index (κ2) is 6.76. The zero-order valence-corrected chi connectivity index (χ0v) is 9.71. The molecule has 0 radical (unpaired) electrons. The van der Waals surface area contributed by atoms with E-state index in [0.29, 0.717) is 6.42 Å². The van der Waals surface area contributed by atoms with E-state index in [-0.39, 0.29) is 18.7 Å². The molecular formula is C8H17NO5S. The van der Waals surface area contributed by atoms with E-state index in [1.54, 1.807) is 6.92 Å². The van der Waals surface area contributed by atoms with Gasteiger partial charge in [0.15, 0.2) is 0 Å². The fourth-order valence-corrected chi connectivity index (χ4v) is 2.12. The normalized spacial score (nSPS) is 13.7. The highest BCUT2D eigenvalue weighted by Crippen LogP contribution is 1.97. The van der Waals surface area contributed by atoms with Gasteiger partial charge in [-0.05, 0) is 6.42 Å². The lowest BCUT2D eigenvalue weighted by molar-refractivity contribution is -0.139. The number of hydrogen-bond donors (Lipinski definition) is 2. The topological polar surface area (TPSA) is 92.7 Å². The molecule has 0 aliphatic carbocycles. The van der Waals surface area contributed by atoms with Crippen LogP contribution >= 0.6 is 0 Å². The van der Waals surface area contributed by atoms with Crippen LogP contribution in [0.2, 0.25) is 0 Å². The van der Waals surface area contributed by atoms with Gasteiger partial charge < -0.3 is 9.84 Å². The van der Waals surface area contributed by atoms with Gasteiger partial charge in [0.1, 0.15) is 0 Å². The molecule has 0 heterocycles. The predicted molar refractivity (Wildman–Crippen MR) is 55.1 cm³/mol. The van der Waals surface area contributed by atoms with Gasteiger partial charge in [-0.2, -0.15) is 0 Å². The molecule has 0 aliphatic heterocycles. The Labute approximate surface area is 89.7 Å². The Morgan fingerprint density at radius 3 is 2.53 bits per heavy atom. The van der Waals surface area contributed by atoms with Gasteiger partial charge in [0.2, 0.25) is 10.0 Å². The van der Waals surface area contributed by atoms with Gasteiger partial charge in [-0.25, -0.2) is 13.1 Å². The van der Waals surface area contributed by atoms with Gasteiger partial charge in [-0.1, -0.05) is 6.92 Å². The number of nitrogens with one attached hydrogen (secondary N) is 1. The van der Waals surface area contributed by atoms with Crippen LogP contribution in [-0.4, -0.2) is 45.0 Å². The Bertz CT molecular complexity index is 287. The van der Waals surface area contributed by atoms with E-state index < -0.39 is 22.1 Å². The monoisotopic (exact) mass is 239 g/mol. The zero-order chi connectivity index (χ0) is 11.9. The highest BCUT2D eigenvalue weighted by molar-refractivity contribution is 7.89. The fraction of sp³-hybridized carbons (Fsp3) is 0.875. The van der Waals surface area contributed by atoms with Crippen LogP contribution in [0.5, 0.6) is 0 Å². The minimum atomic E-state index is -3.30. The van der Waals surface area contributed by atoms with Crippen molar-refractivity contribution in [3.63, 3.8) is 0 Å². The van der Waals surface area contributed by atoms with Crippen molar-refractivity contribution in [3.05, 3.63) is 0 Å². The van der Waals surface area contributed by atoms with Crippen molar-refractivity contribution < 1.29 is 23.1 Å². The first-order valence-electron chi connectivity index (χ1n) is 4.63. The molecule has 0 amide bonds. The van der Waals surface area contributed by atoms with Crippen molar-refractivity contribution in [1.29, 1.82) is 0 Å². The number of rotatable bonds is 8. The number of carboxylic acids is 1. The first kappa shape index (κ1) is 14.3. The lowest BCUT2D eigenvalue weighted by atomic mass is 10.2. The second-order valence-electron chi connectivity index (χ2n) is 3.12. The molecule has 15 heavy (non-hydrogen) atoms. The van der Waals surface area contributed by atoms with Crippen LogP contribution in [-0.2, 0) is 19.6 Å². The van der Waals surface area contributed by atoms with Crippen molar-refractivity contribution >= 4 is 16.0 Å². The van der Waals surface area contributed by atoms with Gasteiger partial charge in [-0.15, -0.1) is 0 Å². The average molecular weight is 239 g/mol. The summed E-state index contributed by atoms with van der Waals surface area (Å²) < 4.78 is 29.6. The SMILES string of the molecule is CCCS(=O)(=O)NCC(CC(=O)O)OC. The third-order valence-corrected chi connectivity index (χ3v) is 3.29. The smallest absolute Gasteiger partial charge is 0.306 e. The summed E-state index contributed by atoms with van der Waals surface area (Å²) in [6.45, 7) is 1.75. The number of carbonyl (C=O) groups is 1. The van der Waals surface area contributed by atoms with E-state index >= 15 is 0 Å². The molecule has 0 aromatic carbocycles. The molecule has 0 aromatic rings. The molecule has 0 saturated heterocycles. The largest absolute Gasteiger partial charge is 0.481 e. The average Bonchev–Trinajstić information content (AvgIpc) is 2.11. The Balaban J connectivity index is 4.05. The van der Waals surface area contributed by atoms with Gasteiger partial charge in [0, 0.05) is 13.7 Å². The molecule has 7 heteroatoms. The summed E-state index contributed by atoms with van der Waals surface area (Å²) in [6.07, 6.45) is -0.328. The maximum atomic E-state index is 11.2. The summed E-state index contributed by atoms with van der Waals surface area (Å²) in [5.74, 6) is -0.979. The first-order valence-corrected chi connectivity index (χ1v) is 6.28. The summed E-state index contributed by atoms with van der Waals surface area (Å²) in [5, 5.41) is 8.49. The lowest BCUT2D eigenvalue weighted by Crippen LogP contribution is -2.35. The number of sulfonamides is 1. The van der Waals surface area contributed by atoms with Crippen LogP contribution in [0.4, 0.5) is 0 Å². The molecule has 1 atom stereocenters. The second-order valence-corrected chi connectivity index (χ2v) is 5.05. The van der Waals surface area contributed by atoms with Crippen LogP contribution in [0.25, 0.3) is 0 Å². The number of methoxy groups -OCH3 is 1. The van der Waals surface area contributed by atoms with Gasteiger partial charge in [0.25, 0.3) is 0 Å².